The maximum atomic E-state index is 11.1. The second-order valence-corrected chi connectivity index (χ2v) is 5.77. The highest BCUT2D eigenvalue weighted by Gasteiger charge is 2.23. The summed E-state index contributed by atoms with van der Waals surface area (Å²) in [7, 11) is 0. The quantitative estimate of drug-likeness (QED) is 0.514. The smallest absolute Gasteiger partial charge is 0.320 e. The van der Waals surface area contributed by atoms with Crippen LogP contribution in [0.3, 0.4) is 0 Å². The zero-order chi connectivity index (χ0) is 17.9. The molecule has 1 rings (SSSR count). The number of hydrogen-bond acceptors (Lipinski definition) is 7. The molecular weight excluding hydrogens is 320 g/mol. The highest BCUT2D eigenvalue weighted by molar-refractivity contribution is 5.70. The van der Waals surface area contributed by atoms with Crippen LogP contribution in [0.5, 0.6) is 0 Å². The number of carbonyl (C=O) groups is 3. The average molecular weight is 346 g/mol. The number of nitrogens with one attached hydrogen (secondary N) is 1. The molecule has 1 saturated heterocycles. The Morgan fingerprint density at radius 3 is 1.75 bits per heavy atom. The van der Waals surface area contributed by atoms with Crippen molar-refractivity contribution in [2.45, 2.75) is 38.5 Å². The van der Waals surface area contributed by atoms with Crippen molar-refractivity contribution < 1.29 is 29.7 Å². The highest BCUT2D eigenvalue weighted by atomic mass is 16.4. The number of hydrogen-bond donors (Lipinski definition) is 4. The molecule has 0 aromatic heterocycles. The number of carboxylic acids is 3. The molecule has 1 aliphatic rings. The standard InChI is InChI=1S/C14H26N4O6/c19-12(20)9-16-7-5-3-1-2-4-6-8-17(10-13(21)22)18(15-16)11-14(23)24/h15H,1-11H2,(H,19,20)(H,21,22)(H,23,24). The summed E-state index contributed by atoms with van der Waals surface area (Å²) in [5, 5.41) is 31.1. The Labute approximate surface area is 140 Å². The van der Waals surface area contributed by atoms with Crippen molar-refractivity contribution in [3.8, 4) is 0 Å². The van der Waals surface area contributed by atoms with Gasteiger partial charge < -0.3 is 15.3 Å². The molecule has 1 aliphatic heterocycles. The molecule has 4 N–H and O–H groups in total. The molecule has 0 aromatic rings. The van der Waals surface area contributed by atoms with E-state index in [-0.39, 0.29) is 13.1 Å². The zero-order valence-electron chi connectivity index (χ0n) is 13.7. The van der Waals surface area contributed by atoms with Crippen molar-refractivity contribution in [3.05, 3.63) is 0 Å². The van der Waals surface area contributed by atoms with Crippen LogP contribution >= 0.6 is 0 Å². The van der Waals surface area contributed by atoms with Crippen molar-refractivity contribution in [2.75, 3.05) is 32.7 Å². The fourth-order valence-electron chi connectivity index (χ4n) is 2.56. The summed E-state index contributed by atoms with van der Waals surface area (Å²) < 4.78 is 0. The molecule has 0 saturated carbocycles. The SMILES string of the molecule is O=C(O)CN1CCCCCCCCN(CC(=O)O)N(CC(=O)O)N1. The van der Waals surface area contributed by atoms with Gasteiger partial charge in [0.05, 0.1) is 0 Å². The van der Waals surface area contributed by atoms with E-state index in [0.717, 1.165) is 38.5 Å². The van der Waals surface area contributed by atoms with Gasteiger partial charge in [-0.2, -0.15) is 10.7 Å². The summed E-state index contributed by atoms with van der Waals surface area (Å²) in [6.07, 6.45) is 5.49. The third-order valence-corrected chi connectivity index (χ3v) is 3.62. The molecule has 0 amide bonds. The van der Waals surface area contributed by atoms with E-state index >= 15 is 0 Å². The largest absolute Gasteiger partial charge is 0.480 e. The Kier molecular flexibility index (Phi) is 9.23. The Balaban J connectivity index is 2.90. The first-order valence-electron chi connectivity index (χ1n) is 8.07. The summed E-state index contributed by atoms with van der Waals surface area (Å²) in [6.45, 7) is -0.321. The van der Waals surface area contributed by atoms with E-state index in [0.29, 0.717) is 13.1 Å². The minimum absolute atomic E-state index is 0.309. The lowest BCUT2D eigenvalue weighted by Gasteiger charge is -2.37. The molecule has 0 aromatic carbocycles. The lowest BCUT2D eigenvalue weighted by molar-refractivity contribution is -0.174. The highest BCUT2D eigenvalue weighted by Crippen LogP contribution is 2.10. The summed E-state index contributed by atoms with van der Waals surface area (Å²) in [5.41, 5.74) is 2.76. The van der Waals surface area contributed by atoms with Gasteiger partial charge in [-0.15, -0.1) is 0 Å². The van der Waals surface area contributed by atoms with Gasteiger partial charge in [0.15, 0.2) is 0 Å². The Morgan fingerprint density at radius 1 is 0.708 bits per heavy atom. The molecular formula is C14H26N4O6. The lowest BCUT2D eigenvalue weighted by Crippen LogP contribution is -2.61. The number of rotatable bonds is 6. The predicted molar refractivity (Wildman–Crippen MR) is 83.6 cm³/mol. The predicted octanol–water partition coefficient (Wildman–Crippen LogP) is -0.165. The van der Waals surface area contributed by atoms with E-state index in [1.54, 1.807) is 0 Å². The second kappa shape index (κ2) is 10.9. The molecule has 1 heterocycles. The minimum Gasteiger partial charge on any atom is -0.480 e. The summed E-state index contributed by atoms with van der Waals surface area (Å²) in [5.74, 6) is -3.26. The monoisotopic (exact) mass is 346 g/mol. The first kappa shape index (κ1) is 20.3. The van der Waals surface area contributed by atoms with Crippen molar-refractivity contribution in [1.82, 2.24) is 20.7 Å². The van der Waals surface area contributed by atoms with Crippen LogP contribution in [-0.2, 0) is 14.4 Å². The Morgan fingerprint density at radius 2 is 1.21 bits per heavy atom. The van der Waals surface area contributed by atoms with E-state index < -0.39 is 24.5 Å². The normalized spacial score (nSPS) is 20.0. The lowest BCUT2D eigenvalue weighted by atomic mass is 10.1. The summed E-state index contributed by atoms with van der Waals surface area (Å²) in [6, 6.07) is 0. The van der Waals surface area contributed by atoms with Crippen molar-refractivity contribution >= 4 is 17.9 Å². The van der Waals surface area contributed by atoms with Gasteiger partial charge in [-0.3, -0.25) is 14.4 Å². The number of nitrogens with zero attached hydrogens (tertiary/aromatic N) is 3. The summed E-state index contributed by atoms with van der Waals surface area (Å²) in [4.78, 5) is 33.2. The molecule has 10 heteroatoms. The molecule has 0 aliphatic carbocycles. The number of carboxylic acid groups (broad SMARTS) is 3. The van der Waals surface area contributed by atoms with Gasteiger partial charge in [0.2, 0.25) is 0 Å². The van der Waals surface area contributed by atoms with Gasteiger partial charge in [-0.25, -0.2) is 10.0 Å². The van der Waals surface area contributed by atoms with Crippen molar-refractivity contribution in [3.63, 3.8) is 0 Å². The minimum atomic E-state index is -1.14. The van der Waals surface area contributed by atoms with E-state index in [9.17, 15) is 14.4 Å². The molecule has 138 valence electrons. The van der Waals surface area contributed by atoms with Crippen LogP contribution in [0, 0.1) is 0 Å². The molecule has 1 fully saturated rings. The van der Waals surface area contributed by atoms with Gasteiger partial charge in [-0.05, 0) is 12.8 Å². The maximum Gasteiger partial charge on any atom is 0.320 e. The molecule has 24 heavy (non-hydrogen) atoms. The van der Waals surface area contributed by atoms with Gasteiger partial charge in [0.25, 0.3) is 0 Å². The molecule has 0 bridgehead atoms. The Bertz CT molecular complexity index is 433. The molecule has 0 radical (unpaired) electrons. The average Bonchev–Trinajstić information content (AvgIpc) is 2.45. The van der Waals surface area contributed by atoms with Crippen LogP contribution in [0.1, 0.15) is 38.5 Å². The molecule has 0 spiro atoms. The first-order chi connectivity index (χ1) is 11.4. The van der Waals surface area contributed by atoms with Crippen molar-refractivity contribution in [1.29, 1.82) is 0 Å². The van der Waals surface area contributed by atoms with Crippen LogP contribution in [-0.4, -0.2) is 81.1 Å². The summed E-state index contributed by atoms with van der Waals surface area (Å²) >= 11 is 0. The van der Waals surface area contributed by atoms with Crippen LogP contribution in [0.15, 0.2) is 0 Å². The molecule has 10 nitrogen and oxygen atoms in total. The van der Waals surface area contributed by atoms with Crippen LogP contribution < -0.4 is 5.53 Å². The van der Waals surface area contributed by atoms with Gasteiger partial charge in [0, 0.05) is 13.1 Å². The van der Waals surface area contributed by atoms with E-state index in [1.165, 1.54) is 15.1 Å². The van der Waals surface area contributed by atoms with E-state index in [2.05, 4.69) is 5.53 Å². The van der Waals surface area contributed by atoms with E-state index in [4.69, 9.17) is 15.3 Å². The van der Waals surface area contributed by atoms with E-state index in [1.807, 2.05) is 0 Å². The number of hydrazine groups is 3. The third kappa shape index (κ3) is 8.77. The first-order valence-corrected chi connectivity index (χ1v) is 8.07. The van der Waals surface area contributed by atoms with Gasteiger partial charge >= 0.3 is 17.9 Å². The van der Waals surface area contributed by atoms with Gasteiger partial charge in [-0.1, -0.05) is 25.7 Å². The van der Waals surface area contributed by atoms with Crippen molar-refractivity contribution in [2.24, 2.45) is 0 Å². The third-order valence-electron chi connectivity index (χ3n) is 3.62. The topological polar surface area (TPSA) is 134 Å². The maximum absolute atomic E-state index is 11.1. The zero-order valence-corrected chi connectivity index (χ0v) is 13.7. The fourth-order valence-corrected chi connectivity index (χ4v) is 2.56. The fraction of sp³-hybridized carbons (Fsp3) is 0.786. The van der Waals surface area contributed by atoms with Gasteiger partial charge in [0.1, 0.15) is 19.6 Å². The second-order valence-electron chi connectivity index (χ2n) is 5.77. The van der Waals surface area contributed by atoms with Crippen LogP contribution in [0.4, 0.5) is 0 Å². The Hall–Kier alpha value is -1.75. The molecule has 0 unspecified atom stereocenters. The van der Waals surface area contributed by atoms with Crippen LogP contribution in [0.25, 0.3) is 0 Å². The van der Waals surface area contributed by atoms with Crippen LogP contribution in [0.2, 0.25) is 0 Å². The number of aliphatic carboxylic acids is 3. The molecule has 0 atom stereocenters.